The molecule has 135 heavy (non-hydrogen) atoms. The van der Waals surface area contributed by atoms with Gasteiger partial charge in [-0.05, 0) is 92.1 Å². The molecule has 0 fully saturated rings. The third-order valence-electron chi connectivity index (χ3n) is 21.5. The van der Waals surface area contributed by atoms with Crippen LogP contribution in [0.2, 0.25) is 0 Å². The fraction of sp³-hybridized carbons (Fsp3) is 0.283. The molecule has 0 aliphatic carbocycles. The van der Waals surface area contributed by atoms with E-state index in [1.54, 1.807) is 158 Å². The highest BCUT2D eigenvalue weighted by Gasteiger charge is 2.24. The number of carbonyl (C=O) groups is 3. The summed E-state index contributed by atoms with van der Waals surface area (Å²) in [6.45, 7) is 7.52. The van der Waals surface area contributed by atoms with Crippen molar-refractivity contribution in [2.45, 2.75) is 46.1 Å². The molecule has 8 aromatic heterocycles. The number of anilines is 8. The average molecular weight is 1830 g/mol. The van der Waals surface area contributed by atoms with Crippen LogP contribution in [0.4, 0.5) is 45.5 Å². The van der Waals surface area contributed by atoms with Gasteiger partial charge in [0.25, 0.3) is 0 Å². The van der Waals surface area contributed by atoms with E-state index in [4.69, 9.17) is 62.6 Å². The van der Waals surface area contributed by atoms with Gasteiger partial charge in [0.1, 0.15) is 65.6 Å². The second kappa shape index (κ2) is 46.6. The number of fused-ring (bicyclic) bond motifs is 4. The van der Waals surface area contributed by atoms with Crippen LogP contribution in [0.25, 0.3) is 89.2 Å². The van der Waals surface area contributed by atoms with Crippen LogP contribution in [0.1, 0.15) is 39.5 Å². The number of unbranched alkanes of at least 4 members (excludes halogenated alkanes) is 1. The van der Waals surface area contributed by atoms with Gasteiger partial charge in [-0.15, -0.1) is 0 Å². The zero-order chi connectivity index (χ0) is 95.4. The predicted molar refractivity (Wildman–Crippen MR) is 521 cm³/mol. The van der Waals surface area contributed by atoms with E-state index in [0.717, 1.165) is 150 Å². The Morgan fingerprint density at radius 2 is 0.644 bits per heavy atom. The summed E-state index contributed by atoms with van der Waals surface area (Å²) in [5, 5.41) is 34.8. The van der Waals surface area contributed by atoms with Crippen molar-refractivity contribution in [3.63, 3.8) is 0 Å². The van der Waals surface area contributed by atoms with Crippen molar-refractivity contribution >= 4 is 107 Å². The van der Waals surface area contributed by atoms with Crippen molar-refractivity contribution in [3.8, 4) is 91.0 Å². The number of amides is 3. The van der Waals surface area contributed by atoms with Gasteiger partial charge < -0.3 is 83.3 Å². The van der Waals surface area contributed by atoms with Crippen molar-refractivity contribution in [2.75, 3.05) is 143 Å². The molecule has 36 heteroatoms. The van der Waals surface area contributed by atoms with Crippen LogP contribution < -0.4 is 73.4 Å². The van der Waals surface area contributed by atoms with Crippen LogP contribution in [0.5, 0.6) is 46.0 Å². The Bertz CT molecular complexity index is 6630. The molecule has 0 saturated heterocycles. The number of aliphatic hydroxyl groups excluding tert-OH is 1. The van der Waals surface area contributed by atoms with Gasteiger partial charge in [-0.1, -0.05) is 20.3 Å². The summed E-state index contributed by atoms with van der Waals surface area (Å²) in [5.74, 6) is 4.98. The predicted octanol–water partition coefficient (Wildman–Crippen LogP) is 14.4. The molecule has 16 rings (SSSR count). The van der Waals surface area contributed by atoms with Crippen LogP contribution in [0.15, 0.2) is 220 Å². The highest BCUT2D eigenvalue weighted by atomic mass is 16.5. The molecule has 0 radical (unpaired) electrons. The Morgan fingerprint density at radius 3 is 0.933 bits per heavy atom. The van der Waals surface area contributed by atoms with Gasteiger partial charge >= 0.3 is 0 Å². The zero-order valence-corrected chi connectivity index (χ0v) is 78.3. The van der Waals surface area contributed by atoms with E-state index in [2.05, 4.69) is 85.1 Å². The summed E-state index contributed by atoms with van der Waals surface area (Å²) >= 11 is 0. The lowest BCUT2D eigenvalue weighted by Gasteiger charge is -2.26. The number of hydrogen-bond acceptors (Lipinski definition) is 29. The van der Waals surface area contributed by atoms with Gasteiger partial charge in [0, 0.05) is 233 Å². The van der Waals surface area contributed by atoms with Crippen molar-refractivity contribution in [1.82, 2.24) is 94.9 Å². The van der Waals surface area contributed by atoms with Gasteiger partial charge in [-0.2, -0.15) is 20.4 Å². The first-order valence-corrected chi connectivity index (χ1v) is 43.6. The normalized spacial score (nSPS) is 10.9. The van der Waals surface area contributed by atoms with Gasteiger partial charge in [0.05, 0.1) is 180 Å². The van der Waals surface area contributed by atoms with E-state index in [-0.39, 0.29) is 44.0 Å². The van der Waals surface area contributed by atoms with Crippen molar-refractivity contribution < 1.29 is 62.1 Å². The first kappa shape index (κ1) is 96.4. The summed E-state index contributed by atoms with van der Waals surface area (Å²) in [4.78, 5) is 82.8. The lowest BCUT2D eigenvalue weighted by atomic mass is 10.1. The minimum Gasteiger partial charge on any atom is -0.497 e. The Hall–Kier alpha value is -16.1. The monoisotopic (exact) mass is 1830 g/mol. The first-order chi connectivity index (χ1) is 65.6. The molecule has 8 aromatic carbocycles. The largest absolute Gasteiger partial charge is 0.497 e. The molecule has 0 saturated carbocycles. The fourth-order valence-electron chi connectivity index (χ4n) is 14.5. The van der Waals surface area contributed by atoms with Gasteiger partial charge in [-0.3, -0.25) is 53.0 Å². The molecule has 0 aliphatic heterocycles. The molecular formula is C99H111N23O13. The number of aromatic nitrogens is 16. The fourth-order valence-corrected chi connectivity index (χ4v) is 14.5. The van der Waals surface area contributed by atoms with E-state index in [9.17, 15) is 19.5 Å². The molecular weight excluding hydrogens is 1720 g/mol. The van der Waals surface area contributed by atoms with E-state index in [1.807, 2.05) is 178 Å². The van der Waals surface area contributed by atoms with E-state index in [1.165, 1.54) is 0 Å². The maximum atomic E-state index is 12.8. The minimum atomic E-state index is -0.154. The molecule has 4 N–H and O–H groups in total. The Morgan fingerprint density at radius 1 is 0.341 bits per heavy atom. The summed E-state index contributed by atoms with van der Waals surface area (Å²) in [5.41, 5.74) is 19.4. The maximum absolute atomic E-state index is 12.8. The van der Waals surface area contributed by atoms with Crippen LogP contribution >= 0.6 is 0 Å². The average Bonchev–Trinajstić information content (AvgIpc) is 1.50. The SMILES string of the molecule is CCCCN(c1cc(OC)cc(OC)c1)c1ccc2ncc(-c3cnn(C)c3)nc2c1.CCCNC(=O)CN(c1cc(OC)cc(OC)c1)c1ccc2ncc(-c3cnn(C)c3)nc2c1.CNC(=O)Cn1cc(-c2cnc3ccc(N(CCCO)c4cc(OC)cc(OC)c4)cc3n2)cn1.COCCNC(=O)CN(c1cc(OC)cc(OC)c1)c1ccc2ncc(-c3cnn(C)c3)nc2c1. The molecule has 0 atom stereocenters. The Labute approximate surface area is 781 Å². The Balaban J connectivity index is 0.000000153. The molecule has 3 amide bonds. The molecule has 700 valence electrons. The van der Waals surface area contributed by atoms with Crippen LogP contribution in [0, 0.1) is 0 Å². The van der Waals surface area contributed by atoms with Crippen LogP contribution in [-0.2, 0) is 46.8 Å². The standard InChI is InChI=1S/2C25H28N6O4.C25H28N6O3.C24H27N5O2/c1-30-15-17(13-28-30)24-14-27-22-6-5-18(11-23(22)29-24)31(16-25(32)26-7-8-33-2)19-9-20(34-3)12-21(10-19)35-4;1-26-25(33)16-30-15-17(13-28-30)24-14-27-22-6-5-18(11-23(22)29-24)31(7-4-8-32)19-9-20(34-2)12-21(10-19)35-3;1-5-8-26-25(32)16-31(19-9-20(33-3)12-21(10-19)34-4)18-6-7-22-23(11-18)29-24(14-27-22)17-13-28-30(2)15-17;1-5-6-9-29(19-10-20(30-3)13-21(11-19)31-4)18-7-8-22-23(12-18)27-24(15-25-22)17-14-26-28(2)16-17/h5-6,9-15H,7-8,16H2,1-4H3,(H,26,32);5-6,9-15,32H,4,7-8,16H2,1-3H3,(H,26,33);6-7,9-15H,5,8,16H2,1-4H3,(H,26,32);7-8,10-16H,5-6,9H2,1-4H3. The second-order valence-corrected chi connectivity index (χ2v) is 30.9. The number of benzene rings is 8. The van der Waals surface area contributed by atoms with E-state index < -0.39 is 0 Å². The highest BCUT2D eigenvalue weighted by molar-refractivity contribution is 5.91. The summed E-state index contributed by atoms with van der Waals surface area (Å²) < 4.78 is 55.5. The maximum Gasteiger partial charge on any atom is 0.241 e. The lowest BCUT2D eigenvalue weighted by molar-refractivity contribution is -0.121. The van der Waals surface area contributed by atoms with Gasteiger partial charge in [0.2, 0.25) is 17.7 Å². The zero-order valence-electron chi connectivity index (χ0n) is 78.3. The number of likely N-dealkylation sites (N-methyl/N-ethyl adjacent to an activating group) is 1. The first-order valence-electron chi connectivity index (χ1n) is 43.6. The Kier molecular flexibility index (Phi) is 33.3. The lowest BCUT2D eigenvalue weighted by Crippen LogP contribution is -2.36. The smallest absolute Gasteiger partial charge is 0.241 e. The quantitative estimate of drug-likeness (QED) is 0.0263. The minimum absolute atomic E-state index is 0.0647. The van der Waals surface area contributed by atoms with Gasteiger partial charge in [-0.25, -0.2) is 19.9 Å². The summed E-state index contributed by atoms with van der Waals surface area (Å²) in [6.07, 6.45) is 25.0. The topological polar surface area (TPSA) is 378 Å². The molecule has 16 aromatic rings. The number of aryl methyl sites for hydroxylation is 3. The number of methoxy groups -OCH3 is 9. The highest BCUT2D eigenvalue weighted by Crippen LogP contribution is 2.40. The summed E-state index contributed by atoms with van der Waals surface area (Å²) in [6, 6.07) is 46.2. The number of hydrogen-bond donors (Lipinski definition) is 4. The third kappa shape index (κ3) is 25.2. The molecule has 0 spiro atoms. The number of ether oxygens (including phenoxy) is 9. The molecule has 0 aliphatic rings. The number of carbonyl (C=O) groups excluding carboxylic acids is 3. The van der Waals surface area contributed by atoms with E-state index >= 15 is 0 Å². The number of rotatable bonds is 37. The van der Waals surface area contributed by atoms with Crippen molar-refractivity contribution in [3.05, 3.63) is 220 Å². The third-order valence-corrected chi connectivity index (χ3v) is 21.5. The van der Waals surface area contributed by atoms with Crippen molar-refractivity contribution in [1.29, 1.82) is 0 Å². The number of aliphatic hydroxyl groups is 1. The molecule has 0 unspecified atom stereocenters. The number of nitrogens with one attached hydrogen (secondary N) is 3. The second-order valence-electron chi connectivity index (χ2n) is 30.9. The molecule has 36 nitrogen and oxygen atoms in total. The van der Waals surface area contributed by atoms with Crippen LogP contribution in [0.3, 0.4) is 0 Å². The molecule has 0 bridgehead atoms. The molecule has 8 heterocycles. The van der Waals surface area contributed by atoms with E-state index in [0.29, 0.717) is 89.4 Å². The van der Waals surface area contributed by atoms with Gasteiger partial charge in [0.15, 0.2) is 0 Å². The summed E-state index contributed by atoms with van der Waals surface area (Å²) in [7, 11) is 21.7. The van der Waals surface area contributed by atoms with Crippen molar-refractivity contribution in [2.24, 2.45) is 21.1 Å². The van der Waals surface area contributed by atoms with Crippen LogP contribution in [-0.4, -0.2) is 225 Å². The number of nitrogens with zero attached hydrogens (tertiary/aromatic N) is 20.